The normalized spacial score (nSPS) is 14.8. The first-order chi connectivity index (χ1) is 9.19. The van der Waals surface area contributed by atoms with Gasteiger partial charge in [0.25, 0.3) is 0 Å². The summed E-state index contributed by atoms with van der Waals surface area (Å²) >= 11 is 0. The fourth-order valence-electron chi connectivity index (χ4n) is 2.61. The van der Waals surface area contributed by atoms with Crippen LogP contribution in [0.4, 0.5) is 0 Å². The van der Waals surface area contributed by atoms with Crippen molar-refractivity contribution >= 4 is 0 Å². The van der Waals surface area contributed by atoms with Crippen molar-refractivity contribution in [2.24, 2.45) is 0 Å². The van der Waals surface area contributed by atoms with Crippen LogP contribution in [0.15, 0.2) is 12.3 Å². The highest BCUT2D eigenvalue weighted by molar-refractivity contribution is 5.03. The highest BCUT2D eigenvalue weighted by atomic mass is 16.5. The van der Waals surface area contributed by atoms with E-state index in [2.05, 4.69) is 43.0 Å². The van der Waals surface area contributed by atoms with E-state index in [1.54, 1.807) is 7.11 Å². The van der Waals surface area contributed by atoms with Crippen molar-refractivity contribution in [3.63, 3.8) is 0 Å². The molecule has 4 nitrogen and oxygen atoms in total. The number of aromatic nitrogens is 2. The molecular formula is C15H29N3O. The Morgan fingerprint density at radius 1 is 1.26 bits per heavy atom. The molecule has 2 atom stereocenters. The monoisotopic (exact) mass is 267 g/mol. The average molecular weight is 267 g/mol. The van der Waals surface area contributed by atoms with Gasteiger partial charge in [-0.2, -0.15) is 5.10 Å². The zero-order valence-corrected chi connectivity index (χ0v) is 13.0. The van der Waals surface area contributed by atoms with E-state index in [9.17, 15) is 0 Å². The van der Waals surface area contributed by atoms with E-state index >= 15 is 0 Å². The number of methoxy groups -OCH3 is 1. The molecular weight excluding hydrogens is 238 g/mol. The highest BCUT2D eigenvalue weighted by Gasteiger charge is 2.19. The molecule has 1 aromatic heterocycles. The van der Waals surface area contributed by atoms with Gasteiger partial charge in [-0.15, -0.1) is 0 Å². The second kappa shape index (κ2) is 8.33. The lowest BCUT2D eigenvalue weighted by Crippen LogP contribution is -2.40. The lowest BCUT2D eigenvalue weighted by atomic mass is 10.0. The van der Waals surface area contributed by atoms with Crippen molar-refractivity contribution in [2.75, 3.05) is 14.2 Å². The fraction of sp³-hybridized carbons (Fsp3) is 0.800. The Morgan fingerprint density at radius 3 is 2.42 bits per heavy atom. The highest BCUT2D eigenvalue weighted by Crippen LogP contribution is 2.16. The Kier molecular flexibility index (Phi) is 7.10. The van der Waals surface area contributed by atoms with E-state index < -0.39 is 0 Å². The summed E-state index contributed by atoms with van der Waals surface area (Å²) in [6.07, 6.45) is 6.52. The Balaban J connectivity index is 2.70. The standard InChI is InChI=1S/C15H29N3O/c1-6-13(7-2)18-10-9-12(17-18)11-14(16-4)15(8-3)19-5/h9-10,13-16H,6-8,11H2,1-5H3. The molecule has 0 amide bonds. The molecule has 0 bridgehead atoms. The van der Waals surface area contributed by atoms with E-state index in [0.29, 0.717) is 12.1 Å². The molecule has 0 aliphatic rings. The summed E-state index contributed by atoms with van der Waals surface area (Å²) < 4.78 is 7.63. The minimum Gasteiger partial charge on any atom is -0.380 e. The molecule has 0 aliphatic heterocycles. The van der Waals surface area contributed by atoms with Gasteiger partial charge in [0.1, 0.15) is 0 Å². The van der Waals surface area contributed by atoms with E-state index in [1.807, 2.05) is 7.05 Å². The molecule has 0 radical (unpaired) electrons. The second-order valence-electron chi connectivity index (χ2n) is 5.04. The van der Waals surface area contributed by atoms with Crippen LogP contribution in [0.5, 0.6) is 0 Å². The summed E-state index contributed by atoms with van der Waals surface area (Å²) in [5.74, 6) is 0. The van der Waals surface area contributed by atoms with Crippen LogP contribution in [0.2, 0.25) is 0 Å². The van der Waals surface area contributed by atoms with Crippen molar-refractivity contribution in [3.05, 3.63) is 18.0 Å². The van der Waals surface area contributed by atoms with Gasteiger partial charge in [0.05, 0.1) is 17.8 Å². The van der Waals surface area contributed by atoms with Crippen LogP contribution in [0.25, 0.3) is 0 Å². The Labute approximate surface area is 117 Å². The Bertz CT molecular complexity index is 343. The van der Waals surface area contributed by atoms with Gasteiger partial charge in [0.15, 0.2) is 0 Å². The summed E-state index contributed by atoms with van der Waals surface area (Å²) in [7, 11) is 3.77. The van der Waals surface area contributed by atoms with Crippen LogP contribution in [0.3, 0.4) is 0 Å². The summed E-state index contributed by atoms with van der Waals surface area (Å²) in [6, 6.07) is 2.97. The number of rotatable bonds is 9. The third-order valence-corrected chi connectivity index (χ3v) is 3.93. The lowest BCUT2D eigenvalue weighted by Gasteiger charge is -2.24. The molecule has 0 aliphatic carbocycles. The predicted molar refractivity (Wildman–Crippen MR) is 79.5 cm³/mol. The lowest BCUT2D eigenvalue weighted by molar-refractivity contribution is 0.0674. The maximum absolute atomic E-state index is 5.52. The van der Waals surface area contributed by atoms with Gasteiger partial charge in [0.2, 0.25) is 0 Å². The molecule has 2 unspecified atom stereocenters. The van der Waals surface area contributed by atoms with Crippen LogP contribution in [0, 0.1) is 0 Å². The zero-order chi connectivity index (χ0) is 14.3. The smallest absolute Gasteiger partial charge is 0.0725 e. The number of hydrogen-bond acceptors (Lipinski definition) is 3. The molecule has 19 heavy (non-hydrogen) atoms. The summed E-state index contributed by atoms with van der Waals surface area (Å²) in [4.78, 5) is 0. The first-order valence-corrected chi connectivity index (χ1v) is 7.44. The van der Waals surface area contributed by atoms with Gasteiger partial charge in [-0.05, 0) is 32.4 Å². The SMILES string of the molecule is CCC(OC)C(Cc1ccn(C(CC)CC)n1)NC. The molecule has 4 heteroatoms. The molecule has 0 saturated carbocycles. The van der Waals surface area contributed by atoms with Crippen molar-refractivity contribution in [1.82, 2.24) is 15.1 Å². The van der Waals surface area contributed by atoms with Crippen molar-refractivity contribution < 1.29 is 4.74 Å². The first kappa shape index (κ1) is 16.2. The van der Waals surface area contributed by atoms with E-state index in [0.717, 1.165) is 31.4 Å². The molecule has 0 spiro atoms. The molecule has 110 valence electrons. The topological polar surface area (TPSA) is 39.1 Å². The Hall–Kier alpha value is -0.870. The van der Waals surface area contributed by atoms with Gasteiger partial charge in [-0.3, -0.25) is 4.68 Å². The number of hydrogen-bond donors (Lipinski definition) is 1. The molecule has 0 saturated heterocycles. The third kappa shape index (κ3) is 4.32. The van der Waals surface area contributed by atoms with Gasteiger partial charge < -0.3 is 10.1 Å². The predicted octanol–water partition coefficient (Wildman–Crippen LogP) is 2.80. The quantitative estimate of drug-likeness (QED) is 0.748. The fourth-order valence-corrected chi connectivity index (χ4v) is 2.61. The molecule has 1 rings (SSSR count). The van der Waals surface area contributed by atoms with Gasteiger partial charge in [-0.25, -0.2) is 0 Å². The zero-order valence-electron chi connectivity index (χ0n) is 13.0. The number of nitrogens with one attached hydrogen (secondary N) is 1. The van der Waals surface area contributed by atoms with Gasteiger partial charge >= 0.3 is 0 Å². The average Bonchev–Trinajstić information content (AvgIpc) is 2.89. The second-order valence-corrected chi connectivity index (χ2v) is 5.04. The van der Waals surface area contributed by atoms with Crippen LogP contribution in [0.1, 0.15) is 51.8 Å². The third-order valence-electron chi connectivity index (χ3n) is 3.93. The van der Waals surface area contributed by atoms with E-state index in [1.165, 1.54) is 0 Å². The largest absolute Gasteiger partial charge is 0.380 e. The minimum atomic E-state index is 0.239. The van der Waals surface area contributed by atoms with E-state index in [4.69, 9.17) is 9.84 Å². The number of nitrogens with zero attached hydrogens (tertiary/aromatic N) is 2. The first-order valence-electron chi connectivity index (χ1n) is 7.44. The number of likely N-dealkylation sites (N-methyl/N-ethyl adjacent to an activating group) is 1. The van der Waals surface area contributed by atoms with Gasteiger partial charge in [0, 0.05) is 25.8 Å². The van der Waals surface area contributed by atoms with Crippen LogP contribution < -0.4 is 5.32 Å². The summed E-state index contributed by atoms with van der Waals surface area (Å²) in [6.45, 7) is 6.58. The molecule has 0 fully saturated rings. The maximum Gasteiger partial charge on any atom is 0.0725 e. The molecule has 0 aromatic carbocycles. The maximum atomic E-state index is 5.52. The summed E-state index contributed by atoms with van der Waals surface area (Å²) in [5.41, 5.74) is 1.14. The van der Waals surface area contributed by atoms with Crippen LogP contribution >= 0.6 is 0 Å². The van der Waals surface area contributed by atoms with E-state index in [-0.39, 0.29) is 6.10 Å². The minimum absolute atomic E-state index is 0.239. The van der Waals surface area contributed by atoms with Gasteiger partial charge in [-0.1, -0.05) is 20.8 Å². The molecule has 1 N–H and O–H groups in total. The van der Waals surface area contributed by atoms with Crippen molar-refractivity contribution in [1.29, 1.82) is 0 Å². The molecule has 1 aromatic rings. The number of ether oxygens (including phenoxy) is 1. The van der Waals surface area contributed by atoms with Crippen molar-refractivity contribution in [3.8, 4) is 0 Å². The van der Waals surface area contributed by atoms with Crippen molar-refractivity contribution in [2.45, 2.75) is 64.6 Å². The summed E-state index contributed by atoms with van der Waals surface area (Å²) in [5, 5.41) is 8.06. The van der Waals surface area contributed by atoms with Crippen LogP contribution in [-0.2, 0) is 11.2 Å². The molecule has 1 heterocycles. The Morgan fingerprint density at radius 2 is 1.95 bits per heavy atom. The van der Waals surface area contributed by atoms with Crippen LogP contribution in [-0.4, -0.2) is 36.1 Å².